The summed E-state index contributed by atoms with van der Waals surface area (Å²) < 4.78 is 0. The van der Waals surface area contributed by atoms with E-state index in [2.05, 4.69) is 30.7 Å². The van der Waals surface area contributed by atoms with Crippen LogP contribution < -0.4 is 0 Å². The molecule has 2 heteroatoms. The van der Waals surface area contributed by atoms with Crippen molar-refractivity contribution < 1.29 is 5.11 Å². The summed E-state index contributed by atoms with van der Waals surface area (Å²) in [6.07, 6.45) is 5.05. The number of aryl methyl sites for hydroxylation is 1. The SMILES string of the molecule is CC1(C)CCC(O)(CCc2ccsc2)C1. The second kappa shape index (κ2) is 3.91. The predicted octanol–water partition coefficient (Wildman–Crippen LogP) is 3.62. The molecule has 1 aliphatic rings. The van der Waals surface area contributed by atoms with Crippen LogP contribution in [0.5, 0.6) is 0 Å². The molecule has 0 saturated heterocycles. The van der Waals surface area contributed by atoms with E-state index in [0.29, 0.717) is 5.41 Å². The van der Waals surface area contributed by atoms with Crippen LogP contribution in [0.4, 0.5) is 0 Å². The van der Waals surface area contributed by atoms with Gasteiger partial charge in [-0.3, -0.25) is 0 Å². The van der Waals surface area contributed by atoms with E-state index < -0.39 is 5.60 Å². The normalized spacial score (nSPS) is 29.5. The number of rotatable bonds is 3. The second-order valence-corrected chi connectivity index (χ2v) is 6.48. The standard InChI is InChI=1S/C13H20OS/c1-12(2)6-7-13(14,10-12)5-3-11-4-8-15-9-11/h4,8-9,14H,3,5-7,10H2,1-2H3. The quantitative estimate of drug-likeness (QED) is 0.831. The second-order valence-electron chi connectivity index (χ2n) is 5.70. The summed E-state index contributed by atoms with van der Waals surface area (Å²) in [6.45, 7) is 4.52. The van der Waals surface area contributed by atoms with Crippen LogP contribution in [0.15, 0.2) is 16.8 Å². The third-order valence-electron chi connectivity index (χ3n) is 3.53. The van der Waals surface area contributed by atoms with Gasteiger partial charge < -0.3 is 5.11 Å². The minimum Gasteiger partial charge on any atom is -0.390 e. The van der Waals surface area contributed by atoms with E-state index in [9.17, 15) is 5.11 Å². The predicted molar refractivity (Wildman–Crippen MR) is 65.2 cm³/mol. The Labute approximate surface area is 96.1 Å². The summed E-state index contributed by atoms with van der Waals surface area (Å²) in [5, 5.41) is 14.7. The molecule has 1 unspecified atom stereocenters. The molecule has 1 heterocycles. The minimum absolute atomic E-state index is 0.337. The molecule has 1 N–H and O–H groups in total. The van der Waals surface area contributed by atoms with Crippen LogP contribution in [0.25, 0.3) is 0 Å². The molecule has 0 bridgehead atoms. The van der Waals surface area contributed by atoms with Gasteiger partial charge in [0.1, 0.15) is 0 Å². The summed E-state index contributed by atoms with van der Waals surface area (Å²) in [5.41, 5.74) is 1.31. The first kappa shape index (κ1) is 11.2. The molecule has 0 radical (unpaired) electrons. The van der Waals surface area contributed by atoms with Gasteiger partial charge in [0.05, 0.1) is 5.60 Å². The summed E-state index contributed by atoms with van der Waals surface area (Å²) in [7, 11) is 0. The fraction of sp³-hybridized carbons (Fsp3) is 0.692. The van der Waals surface area contributed by atoms with Crippen LogP contribution >= 0.6 is 11.3 Å². The zero-order chi connectivity index (χ0) is 10.9. The minimum atomic E-state index is -0.397. The summed E-state index contributed by atoms with van der Waals surface area (Å²) in [6, 6.07) is 2.16. The number of aliphatic hydroxyl groups is 1. The van der Waals surface area contributed by atoms with E-state index in [1.807, 2.05) is 0 Å². The van der Waals surface area contributed by atoms with Crippen molar-refractivity contribution in [1.29, 1.82) is 0 Å². The average Bonchev–Trinajstić information content (AvgIpc) is 2.71. The molecule has 1 aromatic heterocycles. The number of thiophene rings is 1. The van der Waals surface area contributed by atoms with Gasteiger partial charge in [-0.15, -0.1) is 0 Å². The van der Waals surface area contributed by atoms with E-state index in [1.165, 1.54) is 5.56 Å². The zero-order valence-corrected chi connectivity index (χ0v) is 10.4. The molecule has 0 aromatic carbocycles. The Morgan fingerprint density at radius 2 is 2.20 bits per heavy atom. The van der Waals surface area contributed by atoms with Crippen LogP contribution in [-0.4, -0.2) is 10.7 Å². The van der Waals surface area contributed by atoms with Gasteiger partial charge in [-0.05, 0) is 59.9 Å². The third kappa shape index (κ3) is 2.82. The molecule has 0 amide bonds. The van der Waals surface area contributed by atoms with E-state index in [4.69, 9.17) is 0 Å². The largest absolute Gasteiger partial charge is 0.390 e. The molecule has 1 aliphatic carbocycles. The molecule has 84 valence electrons. The highest BCUT2D eigenvalue weighted by Crippen LogP contribution is 2.45. The molecule has 15 heavy (non-hydrogen) atoms. The van der Waals surface area contributed by atoms with Crippen LogP contribution in [0, 0.1) is 5.41 Å². The molecule has 1 nitrogen and oxygen atoms in total. The third-order valence-corrected chi connectivity index (χ3v) is 4.27. The van der Waals surface area contributed by atoms with Gasteiger partial charge in [-0.2, -0.15) is 11.3 Å². The Morgan fingerprint density at radius 1 is 1.40 bits per heavy atom. The van der Waals surface area contributed by atoms with E-state index in [1.54, 1.807) is 11.3 Å². The van der Waals surface area contributed by atoms with Gasteiger partial charge in [0, 0.05) is 0 Å². The first-order valence-corrected chi connectivity index (χ1v) is 6.67. The van der Waals surface area contributed by atoms with Gasteiger partial charge in [-0.1, -0.05) is 13.8 Å². The fourth-order valence-corrected chi connectivity index (χ4v) is 3.37. The van der Waals surface area contributed by atoms with Crippen molar-refractivity contribution in [2.75, 3.05) is 0 Å². The van der Waals surface area contributed by atoms with Crippen molar-refractivity contribution in [3.05, 3.63) is 22.4 Å². The van der Waals surface area contributed by atoms with Crippen LogP contribution in [0.3, 0.4) is 0 Å². The van der Waals surface area contributed by atoms with E-state index in [-0.39, 0.29) is 0 Å². The van der Waals surface area contributed by atoms with Gasteiger partial charge in [-0.25, -0.2) is 0 Å². The lowest BCUT2D eigenvalue weighted by atomic mass is 9.87. The first-order valence-electron chi connectivity index (χ1n) is 5.73. The smallest absolute Gasteiger partial charge is 0.0656 e. The highest BCUT2D eigenvalue weighted by Gasteiger charge is 2.41. The van der Waals surface area contributed by atoms with Crippen LogP contribution in [0.2, 0.25) is 0 Å². The summed E-state index contributed by atoms with van der Waals surface area (Å²) >= 11 is 1.74. The van der Waals surface area contributed by atoms with Gasteiger partial charge in [0.2, 0.25) is 0 Å². The molecular formula is C13H20OS. The van der Waals surface area contributed by atoms with Crippen molar-refractivity contribution in [3.63, 3.8) is 0 Å². The Balaban J connectivity index is 1.90. The fourth-order valence-electron chi connectivity index (χ4n) is 2.66. The van der Waals surface area contributed by atoms with E-state index >= 15 is 0 Å². The first-order chi connectivity index (χ1) is 6.99. The van der Waals surface area contributed by atoms with Crippen molar-refractivity contribution >= 4 is 11.3 Å². The van der Waals surface area contributed by atoms with Crippen molar-refractivity contribution in [2.24, 2.45) is 5.41 Å². The lowest BCUT2D eigenvalue weighted by molar-refractivity contribution is 0.0292. The Kier molecular flexibility index (Phi) is 2.91. The molecule has 0 aliphatic heterocycles. The lowest BCUT2D eigenvalue weighted by Crippen LogP contribution is -2.26. The van der Waals surface area contributed by atoms with Gasteiger partial charge in [0.15, 0.2) is 0 Å². The maximum Gasteiger partial charge on any atom is 0.0656 e. The van der Waals surface area contributed by atoms with Crippen molar-refractivity contribution in [2.45, 2.75) is 51.6 Å². The molecule has 1 fully saturated rings. The molecule has 1 aromatic rings. The lowest BCUT2D eigenvalue weighted by Gasteiger charge is -2.25. The Hall–Kier alpha value is -0.340. The maximum atomic E-state index is 10.4. The van der Waals surface area contributed by atoms with Gasteiger partial charge >= 0.3 is 0 Å². The zero-order valence-electron chi connectivity index (χ0n) is 9.62. The molecule has 1 saturated carbocycles. The molecule has 0 spiro atoms. The molecule has 1 atom stereocenters. The number of hydrogen-bond acceptors (Lipinski definition) is 2. The Bertz CT molecular complexity index is 315. The Morgan fingerprint density at radius 3 is 2.73 bits per heavy atom. The highest BCUT2D eigenvalue weighted by atomic mass is 32.1. The monoisotopic (exact) mass is 224 g/mol. The molecule has 2 rings (SSSR count). The average molecular weight is 224 g/mol. The van der Waals surface area contributed by atoms with Crippen LogP contribution in [0.1, 0.15) is 45.1 Å². The van der Waals surface area contributed by atoms with Crippen LogP contribution in [-0.2, 0) is 6.42 Å². The van der Waals surface area contributed by atoms with Gasteiger partial charge in [0.25, 0.3) is 0 Å². The molecular weight excluding hydrogens is 204 g/mol. The summed E-state index contributed by atoms with van der Waals surface area (Å²) in [5.74, 6) is 0. The maximum absolute atomic E-state index is 10.4. The van der Waals surface area contributed by atoms with E-state index in [0.717, 1.165) is 32.1 Å². The number of hydrogen-bond donors (Lipinski definition) is 1. The van der Waals surface area contributed by atoms with Crippen molar-refractivity contribution in [1.82, 2.24) is 0 Å². The van der Waals surface area contributed by atoms with Crippen molar-refractivity contribution in [3.8, 4) is 0 Å². The topological polar surface area (TPSA) is 20.2 Å². The highest BCUT2D eigenvalue weighted by molar-refractivity contribution is 7.07. The summed E-state index contributed by atoms with van der Waals surface area (Å²) in [4.78, 5) is 0.